The van der Waals surface area contributed by atoms with Crippen LogP contribution in [0.1, 0.15) is 25.8 Å². The van der Waals surface area contributed by atoms with E-state index in [4.69, 9.17) is 4.74 Å². The first-order valence-corrected chi connectivity index (χ1v) is 5.70. The van der Waals surface area contributed by atoms with E-state index in [2.05, 4.69) is 21.8 Å². The van der Waals surface area contributed by atoms with E-state index < -0.39 is 0 Å². The topological polar surface area (TPSA) is 39.1 Å². The molecule has 2 heterocycles. The van der Waals surface area contributed by atoms with Crippen molar-refractivity contribution < 1.29 is 4.74 Å². The fraction of sp³-hybridized carbons (Fsp3) is 0.727. The lowest BCUT2D eigenvalue weighted by molar-refractivity contribution is 0.0371. The summed E-state index contributed by atoms with van der Waals surface area (Å²) < 4.78 is 7.67. The number of nitrogens with one attached hydrogen (secondary N) is 1. The molecule has 0 spiro atoms. The quantitative estimate of drug-likeness (QED) is 0.810. The number of rotatable bonds is 4. The van der Waals surface area contributed by atoms with Gasteiger partial charge in [-0.05, 0) is 19.4 Å². The van der Waals surface area contributed by atoms with Crippen LogP contribution in [0.5, 0.6) is 0 Å². The maximum Gasteiger partial charge on any atom is 0.0949 e. The SMILES string of the molecule is CCCNC1CCOCC1n1ccnc1. The fourth-order valence-corrected chi connectivity index (χ4v) is 2.05. The molecule has 1 fully saturated rings. The second-order valence-electron chi connectivity index (χ2n) is 4.00. The largest absolute Gasteiger partial charge is 0.379 e. The highest BCUT2D eigenvalue weighted by Gasteiger charge is 2.25. The molecular weight excluding hydrogens is 190 g/mol. The van der Waals surface area contributed by atoms with Crippen molar-refractivity contribution in [2.45, 2.75) is 31.8 Å². The number of hydrogen-bond acceptors (Lipinski definition) is 3. The van der Waals surface area contributed by atoms with Crippen LogP contribution in [0.15, 0.2) is 18.7 Å². The fourth-order valence-electron chi connectivity index (χ4n) is 2.05. The summed E-state index contributed by atoms with van der Waals surface area (Å²) in [5.74, 6) is 0. The molecule has 1 saturated heterocycles. The predicted octanol–water partition coefficient (Wildman–Crippen LogP) is 1.21. The summed E-state index contributed by atoms with van der Waals surface area (Å²) in [6.45, 7) is 4.93. The average Bonchev–Trinajstić information content (AvgIpc) is 2.80. The third-order valence-corrected chi connectivity index (χ3v) is 2.89. The number of imidazole rings is 1. The van der Waals surface area contributed by atoms with Gasteiger partial charge >= 0.3 is 0 Å². The Kier molecular flexibility index (Phi) is 3.75. The Morgan fingerprint density at radius 2 is 2.53 bits per heavy atom. The van der Waals surface area contributed by atoms with Crippen molar-refractivity contribution in [3.8, 4) is 0 Å². The minimum Gasteiger partial charge on any atom is -0.379 e. The molecule has 0 radical (unpaired) electrons. The minimum absolute atomic E-state index is 0.396. The lowest BCUT2D eigenvalue weighted by Crippen LogP contribution is -2.43. The summed E-state index contributed by atoms with van der Waals surface area (Å²) in [4.78, 5) is 4.09. The molecule has 4 heteroatoms. The van der Waals surface area contributed by atoms with Crippen LogP contribution in [-0.2, 0) is 4.74 Å². The smallest absolute Gasteiger partial charge is 0.0949 e. The Labute approximate surface area is 90.6 Å². The van der Waals surface area contributed by atoms with Gasteiger partial charge in [-0.25, -0.2) is 4.98 Å². The molecule has 0 aliphatic carbocycles. The van der Waals surface area contributed by atoms with Gasteiger partial charge in [0, 0.05) is 25.0 Å². The van der Waals surface area contributed by atoms with E-state index in [-0.39, 0.29) is 0 Å². The Morgan fingerprint density at radius 1 is 1.60 bits per heavy atom. The highest BCUT2D eigenvalue weighted by atomic mass is 16.5. The van der Waals surface area contributed by atoms with Crippen molar-refractivity contribution >= 4 is 0 Å². The standard InChI is InChI=1S/C11H19N3O/c1-2-4-13-10-3-7-15-8-11(10)14-6-5-12-9-14/h5-6,9-11,13H,2-4,7-8H2,1H3. The molecule has 0 aromatic carbocycles. The second-order valence-corrected chi connectivity index (χ2v) is 4.00. The van der Waals surface area contributed by atoms with E-state index in [1.54, 1.807) is 0 Å². The van der Waals surface area contributed by atoms with Crippen molar-refractivity contribution in [1.82, 2.24) is 14.9 Å². The molecule has 0 saturated carbocycles. The second kappa shape index (κ2) is 5.28. The summed E-state index contributed by atoms with van der Waals surface area (Å²) in [5.41, 5.74) is 0. The number of hydrogen-bond donors (Lipinski definition) is 1. The third kappa shape index (κ3) is 2.58. The molecule has 1 N–H and O–H groups in total. The molecule has 84 valence electrons. The van der Waals surface area contributed by atoms with Crippen LogP contribution in [0, 0.1) is 0 Å². The molecular formula is C11H19N3O. The van der Waals surface area contributed by atoms with Crippen LogP contribution in [-0.4, -0.2) is 35.4 Å². The van der Waals surface area contributed by atoms with Gasteiger partial charge in [0.25, 0.3) is 0 Å². The summed E-state index contributed by atoms with van der Waals surface area (Å²) in [6.07, 6.45) is 7.97. The van der Waals surface area contributed by atoms with Gasteiger partial charge in [0.15, 0.2) is 0 Å². The number of nitrogens with zero attached hydrogens (tertiary/aromatic N) is 2. The first-order chi connectivity index (χ1) is 7.42. The van der Waals surface area contributed by atoms with Crippen LogP contribution in [0.2, 0.25) is 0 Å². The van der Waals surface area contributed by atoms with E-state index in [1.807, 2.05) is 18.7 Å². The molecule has 2 rings (SSSR count). The lowest BCUT2D eigenvalue weighted by Gasteiger charge is -2.33. The molecule has 2 atom stereocenters. The summed E-state index contributed by atoms with van der Waals surface area (Å²) >= 11 is 0. The average molecular weight is 209 g/mol. The van der Waals surface area contributed by atoms with Gasteiger partial charge in [-0.3, -0.25) is 0 Å². The number of ether oxygens (including phenoxy) is 1. The zero-order chi connectivity index (χ0) is 10.5. The highest BCUT2D eigenvalue weighted by molar-refractivity contribution is 4.89. The molecule has 0 amide bonds. The van der Waals surface area contributed by atoms with Crippen LogP contribution in [0.25, 0.3) is 0 Å². The van der Waals surface area contributed by atoms with Gasteiger partial charge < -0.3 is 14.6 Å². The molecule has 1 aliphatic rings. The van der Waals surface area contributed by atoms with Crippen LogP contribution in [0.4, 0.5) is 0 Å². The lowest BCUT2D eigenvalue weighted by atomic mass is 10.0. The molecule has 1 aromatic heterocycles. The zero-order valence-electron chi connectivity index (χ0n) is 9.22. The van der Waals surface area contributed by atoms with E-state index in [1.165, 1.54) is 6.42 Å². The maximum atomic E-state index is 5.53. The van der Waals surface area contributed by atoms with E-state index in [0.717, 1.165) is 26.2 Å². The van der Waals surface area contributed by atoms with Crippen molar-refractivity contribution in [2.75, 3.05) is 19.8 Å². The summed E-state index contributed by atoms with van der Waals surface area (Å²) in [7, 11) is 0. The van der Waals surface area contributed by atoms with Crippen molar-refractivity contribution in [3.05, 3.63) is 18.7 Å². The Morgan fingerprint density at radius 3 is 3.27 bits per heavy atom. The van der Waals surface area contributed by atoms with Gasteiger partial charge in [0.2, 0.25) is 0 Å². The van der Waals surface area contributed by atoms with E-state index >= 15 is 0 Å². The first kappa shape index (κ1) is 10.6. The minimum atomic E-state index is 0.396. The number of aromatic nitrogens is 2. The van der Waals surface area contributed by atoms with Gasteiger partial charge in [-0.2, -0.15) is 0 Å². The highest BCUT2D eigenvalue weighted by Crippen LogP contribution is 2.19. The normalized spacial score (nSPS) is 26.7. The molecule has 15 heavy (non-hydrogen) atoms. The first-order valence-electron chi connectivity index (χ1n) is 5.70. The monoisotopic (exact) mass is 209 g/mol. The molecule has 1 aromatic rings. The van der Waals surface area contributed by atoms with Crippen LogP contribution < -0.4 is 5.32 Å². The van der Waals surface area contributed by atoms with E-state index in [9.17, 15) is 0 Å². The van der Waals surface area contributed by atoms with Crippen molar-refractivity contribution in [2.24, 2.45) is 0 Å². The van der Waals surface area contributed by atoms with Crippen molar-refractivity contribution in [1.29, 1.82) is 0 Å². The molecule has 2 unspecified atom stereocenters. The van der Waals surface area contributed by atoms with Crippen LogP contribution in [0.3, 0.4) is 0 Å². The summed E-state index contributed by atoms with van der Waals surface area (Å²) in [6, 6.07) is 0.917. The Bertz CT molecular complexity index is 273. The van der Waals surface area contributed by atoms with Gasteiger partial charge in [-0.15, -0.1) is 0 Å². The van der Waals surface area contributed by atoms with Crippen molar-refractivity contribution in [3.63, 3.8) is 0 Å². The van der Waals surface area contributed by atoms with E-state index in [0.29, 0.717) is 12.1 Å². The third-order valence-electron chi connectivity index (χ3n) is 2.89. The predicted molar refractivity (Wildman–Crippen MR) is 58.8 cm³/mol. The maximum absolute atomic E-state index is 5.53. The molecule has 1 aliphatic heterocycles. The molecule has 4 nitrogen and oxygen atoms in total. The van der Waals surface area contributed by atoms with Crippen LogP contribution >= 0.6 is 0 Å². The Balaban J connectivity index is 1.99. The van der Waals surface area contributed by atoms with Gasteiger partial charge in [-0.1, -0.05) is 6.92 Å². The molecule has 0 bridgehead atoms. The van der Waals surface area contributed by atoms with Gasteiger partial charge in [0.1, 0.15) is 0 Å². The zero-order valence-corrected chi connectivity index (χ0v) is 9.22. The van der Waals surface area contributed by atoms with Gasteiger partial charge in [0.05, 0.1) is 19.0 Å². The summed E-state index contributed by atoms with van der Waals surface area (Å²) in [5, 5.41) is 3.58. The Hall–Kier alpha value is -0.870.